The van der Waals surface area contributed by atoms with Crippen molar-refractivity contribution in [3.63, 3.8) is 0 Å². The highest BCUT2D eigenvalue weighted by molar-refractivity contribution is 4.78. The first-order valence-corrected chi connectivity index (χ1v) is 2.85. The van der Waals surface area contributed by atoms with Gasteiger partial charge in [-0.25, -0.2) is 0 Å². The summed E-state index contributed by atoms with van der Waals surface area (Å²) in [5.41, 5.74) is 0.305. The number of aliphatic hydroxyl groups excluding tert-OH is 1. The van der Waals surface area contributed by atoms with Crippen LogP contribution < -0.4 is 0 Å². The molecule has 1 nitrogen and oxygen atoms in total. The lowest BCUT2D eigenvalue weighted by Gasteiger charge is -2.13. The predicted molar refractivity (Wildman–Crippen MR) is 35.8 cm³/mol. The lowest BCUT2D eigenvalue weighted by atomic mass is 9.93. The smallest absolute Gasteiger partial charge is 0.0751 e. The van der Waals surface area contributed by atoms with Crippen LogP contribution >= 0.6 is 0 Å². The van der Waals surface area contributed by atoms with E-state index in [-0.39, 0.29) is 0 Å². The van der Waals surface area contributed by atoms with Gasteiger partial charge < -0.3 is 5.11 Å². The zero-order valence-electron chi connectivity index (χ0n) is 5.81. The molecule has 0 rings (SSSR count). The van der Waals surface area contributed by atoms with Crippen molar-refractivity contribution in [3.8, 4) is 0 Å². The standard InChI is InChI=1S/C7H14O/c1-7(2,3)5-4-6-8/h4,6,8H,5H2,1-3H3/b6-4+. The summed E-state index contributed by atoms with van der Waals surface area (Å²) in [5.74, 6) is 0. The van der Waals surface area contributed by atoms with Gasteiger partial charge in [-0.05, 0) is 17.9 Å². The molecule has 0 aromatic carbocycles. The quantitative estimate of drug-likeness (QED) is 0.519. The number of allylic oxidation sites excluding steroid dienone is 1. The summed E-state index contributed by atoms with van der Waals surface area (Å²) >= 11 is 0. The highest BCUT2D eigenvalue weighted by Crippen LogP contribution is 2.18. The van der Waals surface area contributed by atoms with Gasteiger partial charge in [0.2, 0.25) is 0 Å². The maximum atomic E-state index is 8.25. The summed E-state index contributed by atoms with van der Waals surface area (Å²) in [6.07, 6.45) is 3.80. The molecule has 1 N–H and O–H groups in total. The molecule has 0 aliphatic carbocycles. The van der Waals surface area contributed by atoms with Crippen LogP contribution in [0.4, 0.5) is 0 Å². The summed E-state index contributed by atoms with van der Waals surface area (Å²) < 4.78 is 0. The van der Waals surface area contributed by atoms with Crippen LogP contribution in [0.25, 0.3) is 0 Å². The van der Waals surface area contributed by atoms with Gasteiger partial charge in [0, 0.05) is 0 Å². The van der Waals surface area contributed by atoms with Gasteiger partial charge in [-0.1, -0.05) is 20.8 Å². The van der Waals surface area contributed by atoms with Crippen LogP contribution in [0.1, 0.15) is 27.2 Å². The van der Waals surface area contributed by atoms with Crippen LogP contribution in [0, 0.1) is 5.41 Å². The highest BCUT2D eigenvalue weighted by atomic mass is 16.2. The normalized spacial score (nSPS) is 12.9. The first-order valence-electron chi connectivity index (χ1n) is 2.85. The molecule has 0 saturated carbocycles. The minimum Gasteiger partial charge on any atom is -0.516 e. The van der Waals surface area contributed by atoms with Crippen molar-refractivity contribution in [2.24, 2.45) is 5.41 Å². The second-order valence-corrected chi connectivity index (χ2v) is 3.15. The fourth-order valence-corrected chi connectivity index (χ4v) is 0.406. The summed E-state index contributed by atoms with van der Waals surface area (Å²) in [6.45, 7) is 6.40. The predicted octanol–water partition coefficient (Wildman–Crippen LogP) is 2.49. The van der Waals surface area contributed by atoms with E-state index < -0.39 is 0 Å². The van der Waals surface area contributed by atoms with Gasteiger partial charge >= 0.3 is 0 Å². The Hall–Kier alpha value is -0.460. The first kappa shape index (κ1) is 7.54. The lowest BCUT2D eigenvalue weighted by Crippen LogP contribution is -2.01. The van der Waals surface area contributed by atoms with Crippen LogP contribution in [0.5, 0.6) is 0 Å². The Bertz CT molecular complexity index is 76.9. The number of hydrogen-bond donors (Lipinski definition) is 1. The average Bonchev–Trinajstić information content (AvgIpc) is 1.59. The first-order chi connectivity index (χ1) is 3.56. The lowest BCUT2D eigenvalue weighted by molar-refractivity contribution is 0.408. The van der Waals surface area contributed by atoms with Gasteiger partial charge in [0.1, 0.15) is 0 Å². The van der Waals surface area contributed by atoms with E-state index in [0.29, 0.717) is 5.41 Å². The monoisotopic (exact) mass is 114 g/mol. The topological polar surface area (TPSA) is 20.2 Å². The Balaban J connectivity index is 3.39. The van der Waals surface area contributed by atoms with Crippen molar-refractivity contribution in [1.29, 1.82) is 0 Å². The van der Waals surface area contributed by atoms with Crippen molar-refractivity contribution < 1.29 is 5.11 Å². The summed E-state index contributed by atoms with van der Waals surface area (Å²) in [5, 5.41) is 8.25. The third-order valence-electron chi connectivity index (χ3n) is 0.836. The zero-order valence-corrected chi connectivity index (χ0v) is 5.81. The molecule has 0 aromatic rings. The average molecular weight is 114 g/mol. The van der Waals surface area contributed by atoms with Gasteiger partial charge in [-0.2, -0.15) is 0 Å². The molecule has 0 fully saturated rings. The maximum Gasteiger partial charge on any atom is 0.0751 e. The van der Waals surface area contributed by atoms with Crippen molar-refractivity contribution in [2.75, 3.05) is 0 Å². The fraction of sp³-hybridized carbons (Fsp3) is 0.714. The largest absolute Gasteiger partial charge is 0.516 e. The molecular formula is C7H14O. The SMILES string of the molecule is CC(C)(C)C/C=C/O. The van der Waals surface area contributed by atoms with Crippen molar-refractivity contribution >= 4 is 0 Å². The Morgan fingerprint density at radius 3 is 2.00 bits per heavy atom. The molecule has 0 unspecified atom stereocenters. The zero-order chi connectivity index (χ0) is 6.62. The molecular weight excluding hydrogens is 100 g/mol. The van der Waals surface area contributed by atoms with Crippen LogP contribution in [0.2, 0.25) is 0 Å². The van der Waals surface area contributed by atoms with Crippen molar-refractivity contribution in [2.45, 2.75) is 27.2 Å². The van der Waals surface area contributed by atoms with Gasteiger partial charge in [-0.3, -0.25) is 0 Å². The van der Waals surface area contributed by atoms with Crippen molar-refractivity contribution in [3.05, 3.63) is 12.3 Å². The summed E-state index contributed by atoms with van der Waals surface area (Å²) in [7, 11) is 0. The molecule has 0 heterocycles. The Morgan fingerprint density at radius 1 is 1.38 bits per heavy atom. The third-order valence-corrected chi connectivity index (χ3v) is 0.836. The molecule has 0 bridgehead atoms. The minimum absolute atomic E-state index is 0.305. The minimum atomic E-state index is 0.305. The molecule has 8 heavy (non-hydrogen) atoms. The van der Waals surface area contributed by atoms with E-state index in [1.807, 2.05) is 0 Å². The van der Waals surface area contributed by atoms with Gasteiger partial charge in [0.15, 0.2) is 0 Å². The van der Waals surface area contributed by atoms with E-state index in [9.17, 15) is 0 Å². The van der Waals surface area contributed by atoms with E-state index in [0.717, 1.165) is 12.7 Å². The molecule has 0 aromatic heterocycles. The van der Waals surface area contributed by atoms with E-state index in [4.69, 9.17) is 5.11 Å². The fourth-order valence-electron chi connectivity index (χ4n) is 0.406. The van der Waals surface area contributed by atoms with Crippen LogP contribution in [-0.4, -0.2) is 5.11 Å². The van der Waals surface area contributed by atoms with Gasteiger partial charge in [0.05, 0.1) is 6.26 Å². The van der Waals surface area contributed by atoms with E-state index in [2.05, 4.69) is 20.8 Å². The van der Waals surface area contributed by atoms with Crippen molar-refractivity contribution in [1.82, 2.24) is 0 Å². The Kier molecular flexibility index (Phi) is 2.59. The molecule has 0 aliphatic heterocycles. The second kappa shape index (κ2) is 2.75. The molecule has 48 valence electrons. The second-order valence-electron chi connectivity index (χ2n) is 3.15. The molecule has 1 heteroatoms. The summed E-state index contributed by atoms with van der Waals surface area (Å²) in [4.78, 5) is 0. The van der Waals surface area contributed by atoms with Crippen LogP contribution in [-0.2, 0) is 0 Å². The molecule has 0 amide bonds. The maximum absolute atomic E-state index is 8.25. The highest BCUT2D eigenvalue weighted by Gasteiger charge is 2.05. The molecule has 0 saturated heterocycles. The number of rotatable bonds is 1. The third kappa shape index (κ3) is 5.54. The molecule has 0 atom stereocenters. The van der Waals surface area contributed by atoms with E-state index >= 15 is 0 Å². The molecule has 0 aliphatic rings. The molecule has 0 radical (unpaired) electrons. The Morgan fingerprint density at radius 2 is 1.88 bits per heavy atom. The molecule has 0 spiro atoms. The van der Waals surface area contributed by atoms with Crippen LogP contribution in [0.15, 0.2) is 12.3 Å². The summed E-state index contributed by atoms with van der Waals surface area (Å²) in [6, 6.07) is 0. The van der Waals surface area contributed by atoms with E-state index in [1.54, 1.807) is 6.08 Å². The van der Waals surface area contributed by atoms with Gasteiger partial charge in [-0.15, -0.1) is 0 Å². The Labute approximate surface area is 51.0 Å². The van der Waals surface area contributed by atoms with Gasteiger partial charge in [0.25, 0.3) is 0 Å². The van der Waals surface area contributed by atoms with Crippen LogP contribution in [0.3, 0.4) is 0 Å². The number of hydrogen-bond acceptors (Lipinski definition) is 1. The number of aliphatic hydroxyl groups is 1. The van der Waals surface area contributed by atoms with E-state index in [1.165, 1.54) is 0 Å².